The van der Waals surface area contributed by atoms with Crippen molar-refractivity contribution in [1.29, 1.82) is 0 Å². The monoisotopic (exact) mass is 351 g/mol. The minimum atomic E-state index is -0.437. The van der Waals surface area contributed by atoms with E-state index >= 15 is 0 Å². The third kappa shape index (κ3) is 3.72. The molecule has 0 aromatic heterocycles. The van der Waals surface area contributed by atoms with Gasteiger partial charge in [-0.05, 0) is 30.7 Å². The first-order valence-electron chi connectivity index (χ1n) is 6.21. The van der Waals surface area contributed by atoms with Crippen LogP contribution in [-0.2, 0) is 6.61 Å². The van der Waals surface area contributed by atoms with E-state index in [1.54, 1.807) is 6.07 Å². The van der Waals surface area contributed by atoms with Crippen LogP contribution in [0.3, 0.4) is 0 Å². The molecule has 0 spiro atoms. The third-order valence-corrected chi connectivity index (χ3v) is 3.50. The van der Waals surface area contributed by atoms with Gasteiger partial charge in [0, 0.05) is 22.2 Å². The Morgan fingerprint density at radius 3 is 2.62 bits per heavy atom. The molecular weight excluding hydrogens is 338 g/mol. The maximum atomic E-state index is 10.8. The van der Waals surface area contributed by atoms with Gasteiger partial charge in [-0.3, -0.25) is 10.1 Å². The molecule has 2 aromatic carbocycles. The topological polar surface area (TPSA) is 61.6 Å². The van der Waals surface area contributed by atoms with Crippen LogP contribution in [0.2, 0.25) is 0 Å². The van der Waals surface area contributed by atoms with Crippen LogP contribution in [0.25, 0.3) is 0 Å². The summed E-state index contributed by atoms with van der Waals surface area (Å²) >= 11 is 3.39. The van der Waals surface area contributed by atoms with Crippen LogP contribution in [0.15, 0.2) is 40.9 Å². The second-order valence-electron chi connectivity index (χ2n) is 4.45. The van der Waals surface area contributed by atoms with E-state index in [2.05, 4.69) is 15.9 Å². The van der Waals surface area contributed by atoms with Crippen molar-refractivity contribution in [3.63, 3.8) is 0 Å². The summed E-state index contributed by atoms with van der Waals surface area (Å²) in [6.45, 7) is 2.13. The van der Waals surface area contributed by atoms with Crippen LogP contribution < -0.4 is 9.47 Å². The summed E-state index contributed by atoms with van der Waals surface area (Å²) in [5, 5.41) is 10.8. The zero-order valence-corrected chi connectivity index (χ0v) is 13.2. The number of ether oxygens (including phenoxy) is 2. The van der Waals surface area contributed by atoms with E-state index < -0.39 is 4.92 Å². The summed E-state index contributed by atoms with van der Waals surface area (Å²) in [4.78, 5) is 10.4. The zero-order valence-electron chi connectivity index (χ0n) is 11.6. The Morgan fingerprint density at radius 1 is 1.19 bits per heavy atom. The van der Waals surface area contributed by atoms with Crippen molar-refractivity contribution in [1.82, 2.24) is 0 Å². The number of hydrogen-bond donors (Lipinski definition) is 0. The first-order chi connectivity index (χ1) is 10.0. The molecule has 2 rings (SSSR count). The van der Waals surface area contributed by atoms with Gasteiger partial charge in [-0.2, -0.15) is 0 Å². The Balaban J connectivity index is 2.24. The number of benzene rings is 2. The van der Waals surface area contributed by atoms with Crippen LogP contribution in [0.5, 0.6) is 11.5 Å². The minimum Gasteiger partial charge on any atom is -0.496 e. The molecule has 0 N–H and O–H groups in total. The van der Waals surface area contributed by atoms with Gasteiger partial charge in [-0.25, -0.2) is 0 Å². The Morgan fingerprint density at radius 2 is 1.95 bits per heavy atom. The summed E-state index contributed by atoms with van der Waals surface area (Å²) in [7, 11) is 1.52. The molecule has 0 aliphatic rings. The summed E-state index contributed by atoms with van der Waals surface area (Å²) in [6, 6.07) is 10.2. The van der Waals surface area contributed by atoms with Gasteiger partial charge < -0.3 is 9.47 Å². The fraction of sp³-hybridized carbons (Fsp3) is 0.200. The van der Waals surface area contributed by atoms with E-state index in [9.17, 15) is 10.1 Å². The fourth-order valence-electron chi connectivity index (χ4n) is 1.88. The lowest BCUT2D eigenvalue weighted by Crippen LogP contribution is -2.01. The minimum absolute atomic E-state index is 0.0142. The fourth-order valence-corrected chi connectivity index (χ4v) is 2.22. The molecule has 0 saturated carbocycles. The lowest BCUT2D eigenvalue weighted by Gasteiger charge is -2.12. The van der Waals surface area contributed by atoms with Gasteiger partial charge in [0.2, 0.25) is 0 Å². The van der Waals surface area contributed by atoms with Gasteiger partial charge >= 0.3 is 0 Å². The van der Waals surface area contributed by atoms with Crippen molar-refractivity contribution in [3.05, 3.63) is 62.1 Å². The van der Waals surface area contributed by atoms with Gasteiger partial charge in [0.05, 0.1) is 12.0 Å². The average molecular weight is 352 g/mol. The maximum absolute atomic E-state index is 10.8. The molecule has 21 heavy (non-hydrogen) atoms. The zero-order chi connectivity index (χ0) is 15.4. The standard InChI is InChI=1S/C15H14BrNO4/c1-10-3-4-12(16)8-15(10)21-9-11-7-13(17(18)19)5-6-14(11)20-2/h3-8H,9H2,1-2H3. The molecule has 0 bridgehead atoms. The van der Waals surface area contributed by atoms with E-state index in [4.69, 9.17) is 9.47 Å². The van der Waals surface area contributed by atoms with Gasteiger partial charge in [-0.1, -0.05) is 22.0 Å². The van der Waals surface area contributed by atoms with E-state index in [0.29, 0.717) is 11.3 Å². The van der Waals surface area contributed by atoms with Crippen LogP contribution >= 0.6 is 15.9 Å². The van der Waals surface area contributed by atoms with Crippen molar-refractivity contribution in [2.45, 2.75) is 13.5 Å². The molecule has 0 atom stereocenters. The second-order valence-corrected chi connectivity index (χ2v) is 5.37. The first-order valence-corrected chi connectivity index (χ1v) is 7.01. The van der Waals surface area contributed by atoms with Crippen LogP contribution in [0, 0.1) is 17.0 Å². The Hall–Kier alpha value is -2.08. The molecule has 0 radical (unpaired) electrons. The normalized spacial score (nSPS) is 10.2. The maximum Gasteiger partial charge on any atom is 0.270 e. The number of nitro groups is 1. The molecule has 0 heterocycles. The van der Waals surface area contributed by atoms with Crippen molar-refractivity contribution in [2.75, 3.05) is 7.11 Å². The highest BCUT2D eigenvalue weighted by Gasteiger charge is 2.12. The number of hydrogen-bond acceptors (Lipinski definition) is 4. The first kappa shape index (κ1) is 15.3. The predicted molar refractivity (Wildman–Crippen MR) is 82.9 cm³/mol. The predicted octanol–water partition coefficient (Wildman–Crippen LogP) is 4.25. The molecule has 0 fully saturated rings. The number of aryl methyl sites for hydroxylation is 1. The molecule has 110 valence electrons. The number of nitro benzene ring substituents is 1. The van der Waals surface area contributed by atoms with Gasteiger partial charge in [0.25, 0.3) is 5.69 Å². The van der Waals surface area contributed by atoms with Gasteiger partial charge in [0.1, 0.15) is 18.1 Å². The summed E-state index contributed by atoms with van der Waals surface area (Å²) in [5.41, 5.74) is 1.63. The smallest absolute Gasteiger partial charge is 0.270 e. The Kier molecular flexibility index (Phi) is 4.80. The Bertz CT molecular complexity index is 673. The summed E-state index contributed by atoms with van der Waals surface area (Å²) in [5.74, 6) is 1.28. The molecular formula is C15H14BrNO4. The summed E-state index contributed by atoms with van der Waals surface area (Å²) < 4.78 is 11.9. The van der Waals surface area contributed by atoms with Crippen LogP contribution in [0.4, 0.5) is 5.69 Å². The number of halogens is 1. The third-order valence-electron chi connectivity index (χ3n) is 3.01. The van der Waals surface area contributed by atoms with E-state index in [0.717, 1.165) is 15.8 Å². The molecule has 0 amide bonds. The van der Waals surface area contributed by atoms with Crippen molar-refractivity contribution < 1.29 is 14.4 Å². The Labute approximate surface area is 130 Å². The van der Waals surface area contributed by atoms with Crippen molar-refractivity contribution in [2.24, 2.45) is 0 Å². The molecule has 6 heteroatoms. The number of non-ortho nitro benzene ring substituents is 1. The van der Waals surface area contributed by atoms with E-state index in [1.165, 1.54) is 19.2 Å². The lowest BCUT2D eigenvalue weighted by atomic mass is 10.2. The number of nitrogens with zero attached hydrogens (tertiary/aromatic N) is 1. The van der Waals surface area contributed by atoms with Crippen LogP contribution in [0.1, 0.15) is 11.1 Å². The molecule has 0 aliphatic carbocycles. The highest BCUT2D eigenvalue weighted by atomic mass is 79.9. The largest absolute Gasteiger partial charge is 0.496 e. The number of rotatable bonds is 5. The highest BCUT2D eigenvalue weighted by molar-refractivity contribution is 9.10. The molecule has 5 nitrogen and oxygen atoms in total. The quantitative estimate of drug-likeness (QED) is 0.596. The van der Waals surface area contributed by atoms with E-state index in [-0.39, 0.29) is 12.3 Å². The molecule has 0 unspecified atom stereocenters. The SMILES string of the molecule is COc1ccc([N+](=O)[O-])cc1COc1cc(Br)ccc1C. The van der Waals surface area contributed by atoms with E-state index in [1.807, 2.05) is 25.1 Å². The summed E-state index contributed by atoms with van der Waals surface area (Å²) in [6.07, 6.45) is 0. The van der Waals surface area contributed by atoms with Gasteiger partial charge in [0.15, 0.2) is 0 Å². The molecule has 0 aliphatic heterocycles. The average Bonchev–Trinajstić information content (AvgIpc) is 2.47. The molecule has 0 saturated heterocycles. The van der Waals surface area contributed by atoms with Crippen molar-refractivity contribution in [3.8, 4) is 11.5 Å². The second kappa shape index (κ2) is 6.58. The highest BCUT2D eigenvalue weighted by Crippen LogP contribution is 2.28. The lowest BCUT2D eigenvalue weighted by molar-refractivity contribution is -0.385. The number of methoxy groups -OCH3 is 1. The van der Waals surface area contributed by atoms with Crippen LogP contribution in [-0.4, -0.2) is 12.0 Å². The van der Waals surface area contributed by atoms with Gasteiger partial charge in [-0.15, -0.1) is 0 Å². The van der Waals surface area contributed by atoms with Crippen molar-refractivity contribution >= 4 is 21.6 Å². The molecule has 2 aromatic rings.